The highest BCUT2D eigenvalue weighted by Gasteiger charge is 2.41. The van der Waals surface area contributed by atoms with Gasteiger partial charge in [0.2, 0.25) is 20.2 Å². The van der Waals surface area contributed by atoms with Crippen molar-refractivity contribution in [2.24, 2.45) is 9.39 Å². The Morgan fingerprint density at radius 2 is 1.86 bits per heavy atom. The van der Waals surface area contributed by atoms with Crippen LogP contribution in [0, 0.1) is 5.41 Å². The minimum Gasteiger partial charge on any atom is -0.490 e. The van der Waals surface area contributed by atoms with E-state index in [4.69, 9.17) is 31.2 Å². The van der Waals surface area contributed by atoms with E-state index in [1.807, 2.05) is 30.3 Å². The molecule has 1 amide bonds. The van der Waals surface area contributed by atoms with E-state index in [1.165, 1.54) is 6.08 Å². The van der Waals surface area contributed by atoms with Crippen LogP contribution in [0.3, 0.4) is 0 Å². The smallest absolute Gasteiger partial charge is 0.283 e. The second-order valence-electron chi connectivity index (χ2n) is 7.45. The number of halogens is 1. The van der Waals surface area contributed by atoms with Crippen LogP contribution in [-0.4, -0.2) is 61.5 Å². The van der Waals surface area contributed by atoms with E-state index in [9.17, 15) is 13.2 Å². The molecule has 0 unspecified atom stereocenters. The fourth-order valence-electron chi connectivity index (χ4n) is 3.30. The number of sulfone groups is 1. The fourth-order valence-corrected chi connectivity index (χ4v) is 5.42. The maximum Gasteiger partial charge on any atom is 0.283 e. The average Bonchev–Trinajstić information content (AvgIpc) is 3.26. The van der Waals surface area contributed by atoms with E-state index in [0.29, 0.717) is 29.4 Å². The van der Waals surface area contributed by atoms with Gasteiger partial charge in [0.25, 0.3) is 5.91 Å². The number of para-hydroxylation sites is 1. The first-order valence-corrected chi connectivity index (χ1v) is 13.7. The van der Waals surface area contributed by atoms with Crippen LogP contribution < -0.4 is 14.2 Å². The Morgan fingerprint density at radius 1 is 1.14 bits per heavy atom. The van der Waals surface area contributed by atoms with Gasteiger partial charge >= 0.3 is 0 Å². The normalized spacial score (nSPS) is 16.5. The number of nitrogens with zero attached hydrogens (tertiary/aromatic N) is 3. The van der Waals surface area contributed by atoms with Crippen LogP contribution in [0.15, 0.2) is 57.4 Å². The maximum atomic E-state index is 12.6. The number of amidine groups is 3. The second kappa shape index (κ2) is 10.7. The number of benzene rings is 2. The molecule has 36 heavy (non-hydrogen) atoms. The molecule has 0 saturated carbocycles. The highest BCUT2D eigenvalue weighted by molar-refractivity contribution is 8.16. The maximum absolute atomic E-state index is 12.6. The summed E-state index contributed by atoms with van der Waals surface area (Å²) in [4.78, 5) is 17.5. The quantitative estimate of drug-likeness (QED) is 0.299. The van der Waals surface area contributed by atoms with Gasteiger partial charge in [0.05, 0.1) is 29.2 Å². The van der Waals surface area contributed by atoms with Crippen LogP contribution in [0.4, 0.5) is 0 Å². The Kier molecular flexibility index (Phi) is 7.67. The van der Waals surface area contributed by atoms with Crippen molar-refractivity contribution >= 4 is 61.5 Å². The van der Waals surface area contributed by atoms with E-state index < -0.39 is 15.7 Å². The van der Waals surface area contributed by atoms with E-state index in [-0.39, 0.29) is 40.0 Å². The Morgan fingerprint density at radius 3 is 2.56 bits per heavy atom. The largest absolute Gasteiger partial charge is 0.490 e. The zero-order valence-electron chi connectivity index (χ0n) is 19.2. The Balaban J connectivity index is 1.57. The number of amides is 1. The first-order chi connectivity index (χ1) is 17.2. The lowest BCUT2D eigenvalue weighted by molar-refractivity contribution is -0.114. The van der Waals surface area contributed by atoms with Gasteiger partial charge < -0.3 is 14.2 Å². The summed E-state index contributed by atoms with van der Waals surface area (Å²) in [5.41, 5.74) is 0.314. The molecule has 0 aromatic heterocycles. The standard InChI is InChI=1S/C23H21ClN4O6S2/c1-3-32-18-13-14(12-17(24)19(18)34-10-9-33-15-7-5-4-6-8-15)11-16-20(25)28-22(26-21(16)29)35-27-23(28)36(2,30)31/h4-8,11-13,25H,3,9-10H2,1-2H3/b16-11-,25-20?. The molecule has 0 aliphatic carbocycles. The van der Waals surface area contributed by atoms with Crippen molar-refractivity contribution in [1.29, 1.82) is 5.41 Å². The van der Waals surface area contributed by atoms with Crippen molar-refractivity contribution in [3.63, 3.8) is 0 Å². The zero-order chi connectivity index (χ0) is 25.9. The van der Waals surface area contributed by atoms with Crippen LogP contribution in [-0.2, 0) is 14.6 Å². The molecule has 0 bridgehead atoms. The summed E-state index contributed by atoms with van der Waals surface area (Å²) in [6.45, 7) is 2.61. The SMILES string of the molecule is CCOc1cc(/C=C2/C(=N)N3C(=NC2=O)SN=C3S(C)(=O)=O)cc(Cl)c1OCCOc1ccccc1. The molecule has 0 atom stereocenters. The van der Waals surface area contributed by atoms with Crippen molar-refractivity contribution < 1.29 is 27.4 Å². The van der Waals surface area contributed by atoms with Crippen molar-refractivity contribution in [3.05, 3.63) is 58.6 Å². The van der Waals surface area contributed by atoms with Crippen LogP contribution in [0.5, 0.6) is 17.2 Å². The van der Waals surface area contributed by atoms with Gasteiger partial charge in [-0.2, -0.15) is 9.39 Å². The van der Waals surface area contributed by atoms with Crippen molar-refractivity contribution in [3.8, 4) is 17.2 Å². The Bertz CT molecular complexity index is 1410. The monoisotopic (exact) mass is 548 g/mol. The minimum atomic E-state index is -3.75. The molecule has 0 radical (unpaired) electrons. The van der Waals surface area contributed by atoms with Crippen molar-refractivity contribution in [1.82, 2.24) is 4.90 Å². The number of ether oxygens (including phenoxy) is 3. The van der Waals surface area contributed by atoms with Crippen LogP contribution >= 0.6 is 23.5 Å². The molecule has 13 heteroatoms. The highest BCUT2D eigenvalue weighted by atomic mass is 35.5. The van der Waals surface area contributed by atoms with Gasteiger partial charge in [0.1, 0.15) is 24.8 Å². The molecule has 2 aliphatic heterocycles. The van der Waals surface area contributed by atoms with Crippen molar-refractivity contribution in [2.75, 3.05) is 26.1 Å². The fraction of sp³-hybridized carbons (Fsp3) is 0.217. The van der Waals surface area contributed by atoms with E-state index in [2.05, 4.69) is 9.39 Å². The molecule has 0 fully saturated rings. The van der Waals surface area contributed by atoms with Gasteiger partial charge in [0, 0.05) is 6.26 Å². The summed E-state index contributed by atoms with van der Waals surface area (Å²) in [5.74, 6) is 0.309. The molecular weight excluding hydrogens is 528 g/mol. The molecule has 0 spiro atoms. The number of carbonyl (C=O) groups excluding carboxylic acids is 1. The summed E-state index contributed by atoms with van der Waals surface area (Å²) in [5, 5.41) is 8.35. The topological polar surface area (TPSA) is 131 Å². The summed E-state index contributed by atoms with van der Waals surface area (Å²) >= 11 is 7.20. The number of aliphatic imine (C=N–C) groups is 1. The number of fused-ring (bicyclic) bond motifs is 1. The number of hydrogen-bond donors (Lipinski definition) is 1. The third-order valence-corrected chi connectivity index (χ3v) is 6.85. The summed E-state index contributed by atoms with van der Waals surface area (Å²) < 4.78 is 45.1. The predicted octanol–water partition coefficient (Wildman–Crippen LogP) is 3.82. The molecule has 2 aromatic carbocycles. The molecule has 10 nitrogen and oxygen atoms in total. The lowest BCUT2D eigenvalue weighted by atomic mass is 10.1. The van der Waals surface area contributed by atoms with Crippen LogP contribution in [0.25, 0.3) is 6.08 Å². The van der Waals surface area contributed by atoms with Crippen LogP contribution in [0.1, 0.15) is 12.5 Å². The summed E-state index contributed by atoms with van der Waals surface area (Å²) in [6.07, 6.45) is 2.37. The molecule has 2 heterocycles. The van der Waals surface area contributed by atoms with Gasteiger partial charge in [-0.05, 0) is 42.8 Å². The lowest BCUT2D eigenvalue weighted by Gasteiger charge is -2.24. The first-order valence-electron chi connectivity index (χ1n) is 10.6. The van der Waals surface area contributed by atoms with Gasteiger partial charge in [-0.3, -0.25) is 10.2 Å². The lowest BCUT2D eigenvalue weighted by Crippen LogP contribution is -2.45. The number of carbonyl (C=O) groups is 1. The Hall–Kier alpha value is -3.35. The molecule has 0 saturated heterocycles. The van der Waals surface area contributed by atoms with E-state index >= 15 is 0 Å². The summed E-state index contributed by atoms with van der Waals surface area (Å²) in [7, 11) is -3.75. The minimum absolute atomic E-state index is 0.0112. The zero-order valence-corrected chi connectivity index (χ0v) is 21.6. The van der Waals surface area contributed by atoms with Gasteiger partial charge in [0.15, 0.2) is 11.5 Å². The molecule has 2 aliphatic rings. The second-order valence-corrected chi connectivity index (χ2v) is 10.5. The molecule has 1 N–H and O–H groups in total. The van der Waals surface area contributed by atoms with Crippen molar-refractivity contribution in [2.45, 2.75) is 6.92 Å². The summed E-state index contributed by atoms with van der Waals surface area (Å²) in [6, 6.07) is 12.5. The number of hydrogen-bond acceptors (Lipinski definition) is 9. The van der Waals surface area contributed by atoms with E-state index in [0.717, 1.165) is 23.1 Å². The third kappa shape index (κ3) is 5.55. The Labute approximate surface area is 217 Å². The first kappa shape index (κ1) is 25.7. The highest BCUT2D eigenvalue weighted by Crippen LogP contribution is 2.38. The third-order valence-electron chi connectivity index (χ3n) is 4.81. The number of rotatable bonds is 8. The van der Waals surface area contributed by atoms with Gasteiger partial charge in [-0.15, -0.1) is 0 Å². The van der Waals surface area contributed by atoms with E-state index in [1.54, 1.807) is 19.1 Å². The van der Waals surface area contributed by atoms with Gasteiger partial charge in [-0.25, -0.2) is 13.3 Å². The predicted molar refractivity (Wildman–Crippen MR) is 140 cm³/mol. The van der Waals surface area contributed by atoms with Gasteiger partial charge in [-0.1, -0.05) is 29.8 Å². The molecular formula is C23H21ClN4O6S2. The molecule has 2 aromatic rings. The number of nitrogens with one attached hydrogen (secondary N) is 1. The average molecular weight is 549 g/mol. The molecule has 4 rings (SSSR count). The molecule has 188 valence electrons. The van der Waals surface area contributed by atoms with Crippen LogP contribution in [0.2, 0.25) is 5.02 Å².